The van der Waals surface area contributed by atoms with E-state index in [-0.39, 0.29) is 0 Å². The molecule has 0 fully saturated rings. The van der Waals surface area contributed by atoms with Gasteiger partial charge in [-0.3, -0.25) is 4.90 Å². The van der Waals surface area contributed by atoms with Crippen molar-refractivity contribution in [1.82, 2.24) is 0 Å². The first-order valence-electron chi connectivity index (χ1n) is 7.99. The molecule has 1 aliphatic rings. The van der Waals surface area contributed by atoms with Crippen LogP contribution < -0.4 is 4.90 Å². The summed E-state index contributed by atoms with van der Waals surface area (Å²) in [6, 6.07) is 27.4. The van der Waals surface area contributed by atoms with E-state index in [1.807, 2.05) is 96.8 Å². The molecule has 1 aliphatic heterocycles. The van der Waals surface area contributed by atoms with Gasteiger partial charge in [-0.25, -0.2) is 4.99 Å². The van der Waals surface area contributed by atoms with E-state index in [2.05, 4.69) is 0 Å². The monoisotopic (exact) mass is 314 g/mol. The predicted octanol–water partition coefficient (Wildman–Crippen LogP) is 4.45. The summed E-state index contributed by atoms with van der Waals surface area (Å²) in [4.78, 5) is 6.60. The molecule has 24 heavy (non-hydrogen) atoms. The van der Waals surface area contributed by atoms with E-state index in [1.54, 1.807) is 0 Å². The maximum Gasteiger partial charge on any atom is 0.198 e. The van der Waals surface area contributed by atoms with Gasteiger partial charge in [0.15, 0.2) is 5.72 Å². The molecule has 0 aromatic heterocycles. The second-order valence-corrected chi connectivity index (χ2v) is 5.89. The molecule has 1 heterocycles. The van der Waals surface area contributed by atoms with Crippen molar-refractivity contribution >= 4 is 17.2 Å². The van der Waals surface area contributed by atoms with Gasteiger partial charge in [0, 0.05) is 16.8 Å². The summed E-state index contributed by atoms with van der Waals surface area (Å²) < 4.78 is 0. The average molecular weight is 314 g/mol. The molecule has 3 nitrogen and oxygen atoms in total. The lowest BCUT2D eigenvalue weighted by molar-refractivity contribution is 0.0899. The molecule has 1 N–H and O–H groups in total. The molecule has 0 saturated carbocycles. The SMILES string of the molecule is CC1=Nc2ccccc2C(O)(c2ccccc2)N1c1ccccc1. The van der Waals surface area contributed by atoms with Gasteiger partial charge in [-0.05, 0) is 25.1 Å². The van der Waals surface area contributed by atoms with Crippen LogP contribution in [0.3, 0.4) is 0 Å². The van der Waals surface area contributed by atoms with Crippen LogP contribution in [0.15, 0.2) is 89.9 Å². The second kappa shape index (κ2) is 5.62. The number of para-hydroxylation sites is 2. The van der Waals surface area contributed by atoms with Crippen molar-refractivity contribution in [3.8, 4) is 0 Å². The Morgan fingerprint density at radius 1 is 0.792 bits per heavy atom. The van der Waals surface area contributed by atoms with E-state index in [0.29, 0.717) is 0 Å². The first-order valence-corrected chi connectivity index (χ1v) is 7.99. The van der Waals surface area contributed by atoms with Crippen LogP contribution in [0, 0.1) is 0 Å². The number of aliphatic imine (C=N–C) groups is 1. The van der Waals surface area contributed by atoms with E-state index in [9.17, 15) is 5.11 Å². The Balaban J connectivity index is 2.02. The van der Waals surface area contributed by atoms with Crippen LogP contribution in [0.1, 0.15) is 18.1 Å². The number of amidine groups is 1. The fourth-order valence-electron chi connectivity index (χ4n) is 3.35. The van der Waals surface area contributed by atoms with Crippen LogP contribution in [-0.2, 0) is 5.72 Å². The summed E-state index contributed by atoms with van der Waals surface area (Å²) in [5.41, 5.74) is 2.00. The largest absolute Gasteiger partial charge is 0.363 e. The molecule has 0 bridgehead atoms. The Bertz CT molecular complexity index is 890. The number of aliphatic hydroxyl groups is 1. The molecule has 118 valence electrons. The van der Waals surface area contributed by atoms with E-state index in [4.69, 9.17) is 4.99 Å². The standard InChI is InChI=1S/C21H18N2O/c1-16-22-20-15-9-8-14-19(20)21(24,17-10-4-2-5-11-17)23(16)18-12-6-3-7-13-18/h2-15,24H,1H3. The van der Waals surface area contributed by atoms with Gasteiger partial charge in [-0.15, -0.1) is 0 Å². The van der Waals surface area contributed by atoms with Crippen LogP contribution in [0.5, 0.6) is 0 Å². The third-order valence-electron chi connectivity index (χ3n) is 4.40. The highest BCUT2D eigenvalue weighted by Gasteiger charge is 2.44. The molecule has 4 rings (SSSR count). The molecule has 0 amide bonds. The van der Waals surface area contributed by atoms with Crippen molar-refractivity contribution in [2.75, 3.05) is 4.90 Å². The Morgan fingerprint density at radius 3 is 2.08 bits per heavy atom. The van der Waals surface area contributed by atoms with E-state index in [1.165, 1.54) is 0 Å². The smallest absolute Gasteiger partial charge is 0.198 e. The highest BCUT2D eigenvalue weighted by molar-refractivity contribution is 6.01. The Labute approximate surface area is 141 Å². The summed E-state index contributed by atoms with van der Waals surface area (Å²) >= 11 is 0. The molecule has 1 unspecified atom stereocenters. The third kappa shape index (κ3) is 2.14. The van der Waals surface area contributed by atoms with Crippen LogP contribution >= 0.6 is 0 Å². The fourth-order valence-corrected chi connectivity index (χ4v) is 3.35. The fraction of sp³-hybridized carbons (Fsp3) is 0.0952. The normalized spacial score (nSPS) is 19.6. The molecule has 0 aliphatic carbocycles. The van der Waals surface area contributed by atoms with Crippen LogP contribution in [0.4, 0.5) is 11.4 Å². The van der Waals surface area contributed by atoms with Gasteiger partial charge in [0.05, 0.1) is 5.69 Å². The number of fused-ring (bicyclic) bond motifs is 1. The summed E-state index contributed by atoms with van der Waals surface area (Å²) in [5.74, 6) is 0.756. The lowest BCUT2D eigenvalue weighted by Gasteiger charge is -2.44. The predicted molar refractivity (Wildman–Crippen MR) is 97.6 cm³/mol. The zero-order valence-corrected chi connectivity index (χ0v) is 13.4. The quantitative estimate of drug-likeness (QED) is 0.758. The molecule has 3 aromatic carbocycles. The molecule has 1 atom stereocenters. The summed E-state index contributed by atoms with van der Waals surface area (Å²) in [6.45, 7) is 1.93. The van der Waals surface area contributed by atoms with Crippen molar-refractivity contribution in [3.63, 3.8) is 0 Å². The van der Waals surface area contributed by atoms with Gasteiger partial charge < -0.3 is 5.11 Å². The molecular formula is C21H18N2O. The highest BCUT2D eigenvalue weighted by atomic mass is 16.3. The van der Waals surface area contributed by atoms with E-state index < -0.39 is 5.72 Å². The lowest BCUT2D eigenvalue weighted by atomic mass is 9.89. The summed E-state index contributed by atoms with van der Waals surface area (Å²) in [6.07, 6.45) is 0. The maximum atomic E-state index is 11.9. The first-order chi connectivity index (χ1) is 11.7. The van der Waals surface area contributed by atoms with E-state index in [0.717, 1.165) is 28.3 Å². The first kappa shape index (κ1) is 14.7. The van der Waals surface area contributed by atoms with Crippen molar-refractivity contribution in [3.05, 3.63) is 96.1 Å². The maximum absolute atomic E-state index is 11.9. The van der Waals surface area contributed by atoms with Gasteiger partial charge in [0.25, 0.3) is 0 Å². The number of nitrogens with zero attached hydrogens (tertiary/aromatic N) is 2. The minimum atomic E-state index is -1.30. The lowest BCUT2D eigenvalue weighted by Crippen LogP contribution is -2.51. The average Bonchev–Trinajstić information content (AvgIpc) is 2.63. The number of rotatable bonds is 2. The summed E-state index contributed by atoms with van der Waals surface area (Å²) in [5, 5.41) is 11.9. The zero-order chi connectivity index (χ0) is 16.6. The van der Waals surface area contributed by atoms with Gasteiger partial charge in [-0.2, -0.15) is 0 Å². The Kier molecular flexibility index (Phi) is 3.44. The van der Waals surface area contributed by atoms with Crippen molar-refractivity contribution < 1.29 is 5.11 Å². The second-order valence-electron chi connectivity index (χ2n) is 5.89. The number of hydrogen-bond donors (Lipinski definition) is 1. The summed E-state index contributed by atoms with van der Waals surface area (Å²) in [7, 11) is 0. The topological polar surface area (TPSA) is 35.8 Å². The molecule has 3 aromatic rings. The van der Waals surface area contributed by atoms with Crippen LogP contribution in [-0.4, -0.2) is 10.9 Å². The Morgan fingerprint density at radius 2 is 1.38 bits per heavy atom. The number of benzene rings is 3. The molecule has 0 spiro atoms. The number of anilines is 1. The van der Waals surface area contributed by atoms with Crippen molar-refractivity contribution in [1.29, 1.82) is 0 Å². The number of hydrogen-bond acceptors (Lipinski definition) is 3. The molecule has 0 radical (unpaired) electrons. The molecular weight excluding hydrogens is 296 g/mol. The minimum Gasteiger partial charge on any atom is -0.363 e. The van der Waals surface area contributed by atoms with Gasteiger partial charge in [-0.1, -0.05) is 66.7 Å². The third-order valence-corrected chi connectivity index (χ3v) is 4.40. The van der Waals surface area contributed by atoms with Crippen LogP contribution in [0.2, 0.25) is 0 Å². The van der Waals surface area contributed by atoms with Crippen molar-refractivity contribution in [2.24, 2.45) is 4.99 Å². The Hall–Kier alpha value is -2.91. The van der Waals surface area contributed by atoms with Crippen molar-refractivity contribution in [2.45, 2.75) is 12.6 Å². The molecule has 3 heteroatoms. The zero-order valence-electron chi connectivity index (χ0n) is 13.4. The highest BCUT2D eigenvalue weighted by Crippen LogP contribution is 2.44. The van der Waals surface area contributed by atoms with Crippen LogP contribution in [0.25, 0.3) is 0 Å². The van der Waals surface area contributed by atoms with Gasteiger partial charge >= 0.3 is 0 Å². The minimum absolute atomic E-state index is 0.756. The van der Waals surface area contributed by atoms with Gasteiger partial charge in [0.2, 0.25) is 0 Å². The van der Waals surface area contributed by atoms with E-state index >= 15 is 0 Å². The molecule has 0 saturated heterocycles. The van der Waals surface area contributed by atoms with Gasteiger partial charge in [0.1, 0.15) is 5.84 Å².